The minimum absolute atomic E-state index is 0.0393. The van der Waals surface area contributed by atoms with E-state index in [9.17, 15) is 4.39 Å². The van der Waals surface area contributed by atoms with Gasteiger partial charge in [0.2, 0.25) is 0 Å². The van der Waals surface area contributed by atoms with Gasteiger partial charge in [0.1, 0.15) is 5.82 Å². The van der Waals surface area contributed by atoms with Gasteiger partial charge in [-0.1, -0.05) is 12.1 Å². The first-order chi connectivity index (χ1) is 12.5. The average molecular weight is 362 g/mol. The molecule has 3 rings (SSSR count). The van der Waals surface area contributed by atoms with Gasteiger partial charge >= 0.3 is 0 Å². The molecular weight excluding hydrogens is 331 g/mol. The van der Waals surface area contributed by atoms with Crippen molar-refractivity contribution in [3.8, 4) is 0 Å². The summed E-state index contributed by atoms with van der Waals surface area (Å²) in [5, 5.41) is 6.94. The van der Waals surface area contributed by atoms with Crippen LogP contribution in [0.3, 0.4) is 0 Å². The van der Waals surface area contributed by atoms with Crippen molar-refractivity contribution in [2.24, 2.45) is 4.99 Å². The fourth-order valence-corrected chi connectivity index (χ4v) is 3.79. The minimum atomic E-state index is -0.163. The van der Waals surface area contributed by atoms with E-state index >= 15 is 0 Å². The van der Waals surface area contributed by atoms with Crippen LogP contribution in [0.2, 0.25) is 0 Å². The van der Waals surface area contributed by atoms with Crippen molar-refractivity contribution >= 4 is 5.96 Å². The Kier molecular flexibility index (Phi) is 5.82. The fourth-order valence-electron chi connectivity index (χ4n) is 3.79. The molecule has 1 aliphatic heterocycles. The van der Waals surface area contributed by atoms with E-state index in [0.29, 0.717) is 0 Å². The third kappa shape index (κ3) is 4.18. The van der Waals surface area contributed by atoms with Gasteiger partial charge in [0.05, 0.1) is 0 Å². The van der Waals surface area contributed by atoms with Gasteiger partial charge in [-0.2, -0.15) is 0 Å². The van der Waals surface area contributed by atoms with Crippen LogP contribution in [0.5, 0.6) is 0 Å². The Balaban J connectivity index is 1.57. The topological polar surface area (TPSA) is 48.9 Å². The SMILES string of the molecule is CN=C(NCC1(c2cccc(F)c2)CC1)NCC1(N(C)C)CCOCC1. The number of likely N-dealkylation sites (N-methyl/N-ethyl adjacent to an activating group) is 1. The predicted molar refractivity (Wildman–Crippen MR) is 103 cm³/mol. The van der Waals surface area contributed by atoms with Gasteiger partial charge < -0.3 is 20.3 Å². The summed E-state index contributed by atoms with van der Waals surface area (Å²) in [6.45, 7) is 3.20. The number of ether oxygens (including phenoxy) is 1. The summed E-state index contributed by atoms with van der Waals surface area (Å²) < 4.78 is 19.1. The van der Waals surface area contributed by atoms with Gasteiger partial charge in [0.15, 0.2) is 5.96 Å². The number of guanidine groups is 1. The van der Waals surface area contributed by atoms with E-state index in [-0.39, 0.29) is 16.8 Å². The molecule has 1 aromatic carbocycles. The molecule has 144 valence electrons. The second-order valence-electron chi connectivity index (χ2n) is 7.80. The van der Waals surface area contributed by atoms with Crippen LogP contribution < -0.4 is 10.6 Å². The molecule has 1 aliphatic carbocycles. The summed E-state index contributed by atoms with van der Waals surface area (Å²) in [5.74, 6) is 0.643. The van der Waals surface area contributed by atoms with Gasteiger partial charge in [0.25, 0.3) is 0 Å². The van der Waals surface area contributed by atoms with Crippen LogP contribution in [-0.4, -0.2) is 63.8 Å². The second-order valence-corrected chi connectivity index (χ2v) is 7.80. The summed E-state index contributed by atoms with van der Waals surface area (Å²) in [5.41, 5.74) is 1.21. The molecular formula is C20H31FN4O. The van der Waals surface area contributed by atoms with E-state index in [4.69, 9.17) is 4.74 Å². The molecule has 1 saturated carbocycles. The van der Waals surface area contributed by atoms with Gasteiger partial charge in [-0.15, -0.1) is 0 Å². The number of nitrogens with zero attached hydrogens (tertiary/aromatic N) is 2. The molecule has 5 nitrogen and oxygen atoms in total. The molecule has 2 N–H and O–H groups in total. The number of nitrogens with one attached hydrogen (secondary N) is 2. The fraction of sp³-hybridized carbons (Fsp3) is 0.650. The lowest BCUT2D eigenvalue weighted by atomic mass is 9.88. The number of rotatable bonds is 6. The van der Waals surface area contributed by atoms with Crippen LogP contribution in [0.4, 0.5) is 4.39 Å². The van der Waals surface area contributed by atoms with E-state index in [1.807, 2.05) is 6.07 Å². The third-order valence-corrected chi connectivity index (χ3v) is 6.07. The van der Waals surface area contributed by atoms with Crippen LogP contribution in [0.25, 0.3) is 0 Å². The Labute approximate surface area is 156 Å². The van der Waals surface area contributed by atoms with Gasteiger partial charge in [-0.05, 0) is 57.5 Å². The first kappa shape index (κ1) is 19.1. The maximum Gasteiger partial charge on any atom is 0.191 e. The highest BCUT2D eigenvalue weighted by atomic mass is 19.1. The van der Waals surface area contributed by atoms with Crippen LogP contribution in [0.1, 0.15) is 31.2 Å². The standard InChI is InChI=1S/C20H31FN4O/c1-22-18(24-15-20(25(2)3)9-11-26-12-10-20)23-14-19(7-8-19)16-5-4-6-17(21)13-16/h4-6,13H,7-12,14-15H2,1-3H3,(H2,22,23,24). The largest absolute Gasteiger partial charge is 0.381 e. The maximum absolute atomic E-state index is 13.6. The summed E-state index contributed by atoms with van der Waals surface area (Å²) in [7, 11) is 6.06. The molecule has 26 heavy (non-hydrogen) atoms. The van der Waals surface area contributed by atoms with E-state index in [2.05, 4.69) is 34.6 Å². The van der Waals surface area contributed by atoms with E-state index in [1.165, 1.54) is 6.07 Å². The molecule has 0 aromatic heterocycles. The van der Waals surface area contributed by atoms with Gasteiger partial charge in [-0.3, -0.25) is 4.99 Å². The van der Waals surface area contributed by atoms with E-state index in [1.54, 1.807) is 19.2 Å². The molecule has 2 fully saturated rings. The van der Waals surface area contributed by atoms with E-state index in [0.717, 1.165) is 63.5 Å². The number of aliphatic imine (C=N–C) groups is 1. The average Bonchev–Trinajstić information content (AvgIpc) is 3.44. The van der Waals surface area contributed by atoms with Crippen LogP contribution in [-0.2, 0) is 10.2 Å². The Morgan fingerprint density at radius 1 is 1.15 bits per heavy atom. The molecule has 2 aliphatic rings. The highest BCUT2D eigenvalue weighted by molar-refractivity contribution is 5.80. The number of halogens is 1. The maximum atomic E-state index is 13.6. The zero-order valence-corrected chi connectivity index (χ0v) is 16.1. The molecule has 6 heteroatoms. The zero-order chi connectivity index (χ0) is 18.6. The molecule has 0 amide bonds. The number of hydrogen-bond donors (Lipinski definition) is 2. The van der Waals surface area contributed by atoms with Crippen molar-refractivity contribution < 1.29 is 9.13 Å². The van der Waals surface area contributed by atoms with Crippen molar-refractivity contribution in [2.45, 2.75) is 36.6 Å². The molecule has 0 spiro atoms. The second kappa shape index (κ2) is 7.92. The van der Waals surface area contributed by atoms with Crippen molar-refractivity contribution in [3.05, 3.63) is 35.6 Å². The van der Waals surface area contributed by atoms with Crippen molar-refractivity contribution in [2.75, 3.05) is 47.4 Å². The summed E-state index contributed by atoms with van der Waals surface area (Å²) in [6, 6.07) is 6.98. The van der Waals surface area contributed by atoms with Crippen molar-refractivity contribution in [3.63, 3.8) is 0 Å². The molecule has 1 aromatic rings. The molecule has 0 bridgehead atoms. The summed E-state index contributed by atoms with van der Waals surface area (Å²) >= 11 is 0. The molecule has 1 heterocycles. The quantitative estimate of drug-likeness (QED) is 0.601. The van der Waals surface area contributed by atoms with Crippen molar-refractivity contribution in [1.29, 1.82) is 0 Å². The lowest BCUT2D eigenvalue weighted by molar-refractivity contribution is -0.00501. The minimum Gasteiger partial charge on any atom is -0.381 e. The zero-order valence-electron chi connectivity index (χ0n) is 16.1. The highest BCUT2D eigenvalue weighted by Crippen LogP contribution is 2.47. The Bertz CT molecular complexity index is 636. The highest BCUT2D eigenvalue weighted by Gasteiger charge is 2.44. The smallest absolute Gasteiger partial charge is 0.191 e. The van der Waals surface area contributed by atoms with Gasteiger partial charge in [0, 0.05) is 44.3 Å². The molecule has 0 radical (unpaired) electrons. The number of benzene rings is 1. The van der Waals surface area contributed by atoms with E-state index < -0.39 is 0 Å². The first-order valence-corrected chi connectivity index (χ1v) is 9.45. The Morgan fingerprint density at radius 3 is 2.42 bits per heavy atom. The van der Waals surface area contributed by atoms with Crippen LogP contribution in [0, 0.1) is 5.82 Å². The third-order valence-electron chi connectivity index (χ3n) is 6.07. The lowest BCUT2D eigenvalue weighted by Gasteiger charge is -2.43. The summed E-state index contributed by atoms with van der Waals surface area (Å²) in [4.78, 5) is 6.67. The predicted octanol–water partition coefficient (Wildman–Crippen LogP) is 2.13. The first-order valence-electron chi connectivity index (χ1n) is 9.45. The molecule has 1 saturated heterocycles. The van der Waals surface area contributed by atoms with Crippen LogP contribution >= 0.6 is 0 Å². The van der Waals surface area contributed by atoms with Crippen molar-refractivity contribution in [1.82, 2.24) is 15.5 Å². The lowest BCUT2D eigenvalue weighted by Crippen LogP contribution is -2.57. The summed E-state index contributed by atoms with van der Waals surface area (Å²) in [6.07, 6.45) is 4.19. The molecule has 0 atom stereocenters. The van der Waals surface area contributed by atoms with Crippen LogP contribution in [0.15, 0.2) is 29.3 Å². The molecule has 0 unspecified atom stereocenters. The van der Waals surface area contributed by atoms with Gasteiger partial charge in [-0.25, -0.2) is 4.39 Å². The Morgan fingerprint density at radius 2 is 1.85 bits per heavy atom. The normalized spacial score (nSPS) is 21.5. The number of hydrogen-bond acceptors (Lipinski definition) is 3. The monoisotopic (exact) mass is 362 g/mol. The Hall–Kier alpha value is -1.66.